The van der Waals surface area contributed by atoms with Gasteiger partial charge in [0.05, 0.1) is 53.1 Å². The molecule has 0 saturated carbocycles. The highest BCUT2D eigenvalue weighted by Crippen LogP contribution is 2.42. The first kappa shape index (κ1) is 57.7. The highest BCUT2D eigenvalue weighted by atomic mass is 16.7. The number of aliphatic hydroxyl groups is 3. The lowest BCUT2D eigenvalue weighted by Gasteiger charge is -2.50. The Labute approximate surface area is 428 Å². The molecule has 3 aliphatic heterocycles. The highest BCUT2D eigenvalue weighted by Gasteiger charge is 2.55. The fourth-order valence-electron chi connectivity index (χ4n) is 11.0. The van der Waals surface area contributed by atoms with E-state index in [1.54, 1.807) is 66.7 Å². The smallest absolute Gasteiger partial charge is 0.426 e. The summed E-state index contributed by atoms with van der Waals surface area (Å²) in [4.78, 5) is 65.2. The number of H-pyrrole nitrogens is 1. The van der Waals surface area contributed by atoms with Crippen LogP contribution in [0.2, 0.25) is 0 Å². The minimum Gasteiger partial charge on any atom is -0.459 e. The second-order valence-corrected chi connectivity index (χ2v) is 21.3. The number of ketones is 1. The first-order valence-electron chi connectivity index (χ1n) is 25.3. The van der Waals surface area contributed by atoms with Gasteiger partial charge in [0, 0.05) is 55.6 Å². The Hall–Kier alpha value is -4.61. The molecule has 4 heterocycles. The molecule has 0 bridgehead atoms. The number of aromatic nitrogens is 2. The van der Waals surface area contributed by atoms with Crippen LogP contribution in [0.1, 0.15) is 105 Å². The molecule has 73 heavy (non-hydrogen) atoms. The summed E-state index contributed by atoms with van der Waals surface area (Å²) in [6, 6.07) is 14.1. The van der Waals surface area contributed by atoms with Crippen molar-refractivity contribution in [3.8, 4) is 11.4 Å². The number of Topliss-reactive ketones (excluding diaryl/α,β-unsaturated/α-hetero) is 1. The van der Waals surface area contributed by atoms with Crippen LogP contribution >= 0.6 is 0 Å². The van der Waals surface area contributed by atoms with Crippen molar-refractivity contribution in [2.24, 2.45) is 23.7 Å². The molecule has 2 aromatic carbocycles. The minimum absolute atomic E-state index is 0.0419. The van der Waals surface area contributed by atoms with E-state index in [0.717, 1.165) is 5.56 Å². The van der Waals surface area contributed by atoms with Gasteiger partial charge in [-0.2, -0.15) is 0 Å². The van der Waals surface area contributed by atoms with E-state index in [2.05, 4.69) is 20.8 Å². The van der Waals surface area contributed by atoms with Crippen molar-refractivity contribution in [1.82, 2.24) is 25.7 Å². The molecule has 20 nitrogen and oxygen atoms in total. The summed E-state index contributed by atoms with van der Waals surface area (Å²) in [6.07, 6.45) is -11.1. The number of hydrogen-bond donors (Lipinski definition) is 6. The van der Waals surface area contributed by atoms with Crippen molar-refractivity contribution in [1.29, 1.82) is 0 Å². The molecule has 0 radical (unpaired) electrons. The van der Waals surface area contributed by atoms with E-state index in [4.69, 9.17) is 37.9 Å². The zero-order valence-corrected chi connectivity index (χ0v) is 44.7. The molecule has 0 unspecified atom stereocenters. The summed E-state index contributed by atoms with van der Waals surface area (Å²) in [7, 11) is 6.65. The zero-order valence-electron chi connectivity index (χ0n) is 44.7. The number of ether oxygens (including phenoxy) is 8. The number of aliphatic hydroxyl groups excluding tert-OH is 2. The Balaban J connectivity index is 1.26. The van der Waals surface area contributed by atoms with Crippen LogP contribution in [0.15, 0.2) is 48.5 Å². The number of nitrogens with one attached hydrogen (secondary N) is 3. The van der Waals surface area contributed by atoms with Gasteiger partial charge in [-0.3, -0.25) is 19.8 Å². The summed E-state index contributed by atoms with van der Waals surface area (Å²) in [5.41, 5.74) is 2.47. The van der Waals surface area contributed by atoms with Crippen molar-refractivity contribution in [2.75, 3.05) is 28.3 Å². The number of carbonyl (C=O) groups is 4. The predicted molar refractivity (Wildman–Crippen MR) is 267 cm³/mol. The number of hydrazine groups is 1. The number of carbonyl (C=O) groups excluding carboxylic acids is 4. The van der Waals surface area contributed by atoms with Crippen LogP contribution < -0.4 is 10.9 Å². The molecule has 3 saturated heterocycles. The van der Waals surface area contributed by atoms with Gasteiger partial charge in [-0.15, -0.1) is 0 Å². The number of amides is 2. The molecule has 20 heteroatoms. The molecule has 0 spiro atoms. The SMILES string of the molecule is CC[C@H]1OC(=O)[C@H](C)[C@@H](O[C@H]2C[C@@](C)(OC)[C@@H](OC(=O)NNC(=O)c3ccc4nc(-c5ccccc5)[nH]c4c3)[C@H](C)O2)[C@H](C)[C@@H](O[C@@H]2O[C@H](C)C[C@H](N(C)C)[C@H]2O)[C@](C)(OC)C[C@@H](C)C(=O)[C@H](C)[C@@H](O)[C@]1(C)O. The number of nitrogens with zero attached hydrogens (tertiary/aromatic N) is 2. The van der Waals surface area contributed by atoms with E-state index in [-0.39, 0.29) is 42.8 Å². The van der Waals surface area contributed by atoms with Gasteiger partial charge in [0.15, 0.2) is 18.7 Å². The number of rotatable bonds is 11. The Kier molecular flexibility index (Phi) is 18.6. The molecule has 406 valence electrons. The van der Waals surface area contributed by atoms with Crippen molar-refractivity contribution in [3.05, 3.63) is 54.1 Å². The lowest BCUT2D eigenvalue weighted by molar-refractivity contribution is -0.319. The first-order valence-corrected chi connectivity index (χ1v) is 25.3. The van der Waals surface area contributed by atoms with Crippen molar-refractivity contribution in [2.45, 2.75) is 179 Å². The molecule has 2 amide bonds. The van der Waals surface area contributed by atoms with Gasteiger partial charge in [0.2, 0.25) is 0 Å². The molecule has 3 aliphatic rings. The van der Waals surface area contributed by atoms with Crippen LogP contribution in [0, 0.1) is 23.7 Å². The van der Waals surface area contributed by atoms with Gasteiger partial charge in [0.1, 0.15) is 35.0 Å². The summed E-state index contributed by atoms with van der Waals surface area (Å²) in [6.45, 7) is 16.7. The van der Waals surface area contributed by atoms with E-state index in [0.29, 0.717) is 23.3 Å². The quantitative estimate of drug-likeness (QED) is 0.108. The Morgan fingerprint density at radius 1 is 0.877 bits per heavy atom. The van der Waals surface area contributed by atoms with Gasteiger partial charge in [-0.1, -0.05) is 58.0 Å². The van der Waals surface area contributed by atoms with E-state index >= 15 is 0 Å². The van der Waals surface area contributed by atoms with Gasteiger partial charge < -0.3 is 63.1 Å². The number of esters is 1. The normalized spacial score (nSPS) is 38.1. The van der Waals surface area contributed by atoms with E-state index in [9.17, 15) is 34.5 Å². The topological polar surface area (TPSA) is 259 Å². The van der Waals surface area contributed by atoms with Crippen molar-refractivity contribution >= 4 is 34.8 Å². The monoisotopic (exact) mass is 1030 g/mol. The average Bonchev–Trinajstić information content (AvgIpc) is 3.80. The van der Waals surface area contributed by atoms with E-state index in [1.165, 1.54) is 28.1 Å². The maximum Gasteiger partial charge on any atom is 0.426 e. The Morgan fingerprint density at radius 3 is 2.16 bits per heavy atom. The summed E-state index contributed by atoms with van der Waals surface area (Å²) in [5.74, 6) is -4.90. The van der Waals surface area contributed by atoms with Crippen LogP contribution in [0.5, 0.6) is 0 Å². The third-order valence-corrected chi connectivity index (χ3v) is 15.5. The van der Waals surface area contributed by atoms with Crippen molar-refractivity contribution < 1.29 is 72.4 Å². The summed E-state index contributed by atoms with van der Waals surface area (Å²) < 4.78 is 50.9. The van der Waals surface area contributed by atoms with Crippen LogP contribution in [-0.4, -0.2) is 167 Å². The van der Waals surface area contributed by atoms with Crippen LogP contribution in [0.25, 0.3) is 22.4 Å². The second kappa shape index (κ2) is 23.5. The minimum atomic E-state index is -2.04. The van der Waals surface area contributed by atoms with Crippen LogP contribution in [0.4, 0.5) is 4.79 Å². The molecule has 3 aromatic rings. The molecule has 0 aliphatic carbocycles. The molecule has 6 rings (SSSR count). The standard InChI is InChI=1S/C53H79N5O15/c1-15-38-53(10,65)43(61)29(4)40(59)27(2)25-51(8,66-13)44(72-49-41(60)37(58(11)12)23-28(3)68-49)30(5)42(31(6)48(63)70-38)71-39-26-52(9,67-14)45(32(7)69-39)73-50(64)57-56-47(62)34-21-22-35-36(24-34)55-46(54-35)33-19-17-16-18-20-33/h16-22,24,27-32,37-39,41-45,49,60-61,65H,15,23,25-26H2,1-14H3,(H,54,55)(H,56,62)(H,57,64)/t27-,28-,29+,30+,31-,32+,37+,38-,39+,41-,42+,43-,44-,45+,49+,51-,52-,53-/m1/s1. The average molecular weight is 1030 g/mol. The predicted octanol–water partition coefficient (Wildman–Crippen LogP) is 5.06. The van der Waals surface area contributed by atoms with Gasteiger partial charge in [-0.25, -0.2) is 15.2 Å². The lowest BCUT2D eigenvalue weighted by Crippen LogP contribution is -2.62. The highest BCUT2D eigenvalue weighted by molar-refractivity contribution is 5.98. The van der Waals surface area contributed by atoms with E-state index in [1.807, 2.05) is 56.3 Å². The van der Waals surface area contributed by atoms with Crippen LogP contribution in [0.3, 0.4) is 0 Å². The second-order valence-electron chi connectivity index (χ2n) is 21.3. The number of fused-ring (bicyclic) bond motifs is 1. The number of methoxy groups -OCH3 is 2. The fourth-order valence-corrected chi connectivity index (χ4v) is 11.0. The first-order chi connectivity index (χ1) is 34.3. The number of likely N-dealkylation sites (N-methyl/N-ethyl adjacent to an activating group) is 1. The summed E-state index contributed by atoms with van der Waals surface area (Å²) in [5, 5.41) is 35.2. The molecule has 1 aromatic heterocycles. The maximum atomic E-state index is 14.5. The number of aromatic amines is 1. The number of benzene rings is 2. The summed E-state index contributed by atoms with van der Waals surface area (Å²) >= 11 is 0. The van der Waals surface area contributed by atoms with Gasteiger partial charge in [-0.05, 0) is 93.1 Å². The molecule has 18 atom stereocenters. The number of cyclic esters (lactones) is 1. The third kappa shape index (κ3) is 12.6. The largest absolute Gasteiger partial charge is 0.459 e. The Bertz CT molecular complexity index is 2370. The fraction of sp³-hybridized carbons (Fsp3) is 0.679. The zero-order chi connectivity index (χ0) is 53.9. The maximum absolute atomic E-state index is 14.5. The molecular formula is C53H79N5O15. The van der Waals surface area contributed by atoms with Gasteiger partial charge >= 0.3 is 12.1 Å². The number of hydrogen-bond acceptors (Lipinski definition) is 17. The Morgan fingerprint density at radius 2 is 1.53 bits per heavy atom. The molecular weight excluding hydrogens is 947 g/mol. The third-order valence-electron chi connectivity index (χ3n) is 15.5. The molecule has 6 N–H and O–H groups in total. The van der Waals surface area contributed by atoms with E-state index < -0.39 is 114 Å². The van der Waals surface area contributed by atoms with Crippen molar-refractivity contribution in [3.63, 3.8) is 0 Å². The van der Waals surface area contributed by atoms with Gasteiger partial charge in [0.25, 0.3) is 5.91 Å². The number of imidazole rings is 1. The lowest BCUT2D eigenvalue weighted by atomic mass is 9.74. The van der Waals surface area contributed by atoms with Crippen LogP contribution in [-0.2, 0) is 47.5 Å². The molecule has 3 fully saturated rings.